The lowest BCUT2D eigenvalue weighted by Crippen LogP contribution is -2.25. The number of aryl methyl sites for hydroxylation is 1. The van der Waals surface area contributed by atoms with Crippen molar-refractivity contribution in [3.8, 4) is 16.6 Å². The zero-order chi connectivity index (χ0) is 19.9. The molecule has 0 atom stereocenters. The Bertz CT molecular complexity index is 919. The molecular formula is C21H25N3O3S. The molecule has 0 radical (unpaired) electrons. The molecule has 148 valence electrons. The number of hydrogen-bond donors (Lipinski definition) is 1. The van der Waals surface area contributed by atoms with Gasteiger partial charge in [-0.2, -0.15) is 0 Å². The second-order valence-electron chi connectivity index (χ2n) is 6.31. The van der Waals surface area contributed by atoms with Gasteiger partial charge in [0.1, 0.15) is 4.88 Å². The van der Waals surface area contributed by atoms with E-state index in [1.807, 2.05) is 47.3 Å². The summed E-state index contributed by atoms with van der Waals surface area (Å²) in [5.41, 5.74) is 1.93. The number of aromatic nitrogens is 2. The second kappa shape index (κ2) is 9.41. The van der Waals surface area contributed by atoms with Crippen LogP contribution >= 0.6 is 11.3 Å². The first-order valence-electron chi connectivity index (χ1n) is 9.28. The maximum atomic E-state index is 12.7. The highest BCUT2D eigenvalue weighted by atomic mass is 32.1. The van der Waals surface area contributed by atoms with E-state index in [9.17, 15) is 4.79 Å². The van der Waals surface area contributed by atoms with Crippen LogP contribution in [0.2, 0.25) is 0 Å². The maximum absolute atomic E-state index is 12.7. The molecule has 0 aliphatic rings. The summed E-state index contributed by atoms with van der Waals surface area (Å²) in [5, 5.41) is 3.84. The maximum Gasteiger partial charge on any atom is 0.263 e. The van der Waals surface area contributed by atoms with E-state index in [1.165, 1.54) is 11.3 Å². The van der Waals surface area contributed by atoms with Gasteiger partial charge in [-0.3, -0.25) is 4.79 Å². The zero-order valence-corrected chi connectivity index (χ0v) is 17.2. The molecule has 1 aromatic carbocycles. The Kier molecular flexibility index (Phi) is 6.71. The van der Waals surface area contributed by atoms with Gasteiger partial charge in [0, 0.05) is 18.9 Å². The number of benzene rings is 1. The number of hydrogen-bond acceptors (Lipinski definition) is 5. The molecule has 0 aliphatic heterocycles. The van der Waals surface area contributed by atoms with Crippen molar-refractivity contribution in [2.45, 2.75) is 26.2 Å². The van der Waals surface area contributed by atoms with E-state index in [4.69, 9.17) is 9.47 Å². The number of amides is 1. The first kappa shape index (κ1) is 19.9. The molecule has 1 N–H and O–H groups in total. The van der Waals surface area contributed by atoms with Crippen LogP contribution in [0.25, 0.3) is 5.13 Å². The topological polar surface area (TPSA) is 65.4 Å². The quantitative estimate of drug-likeness (QED) is 0.593. The van der Waals surface area contributed by atoms with Crippen LogP contribution in [0.15, 0.2) is 42.7 Å². The molecule has 0 bridgehead atoms. The Morgan fingerprint density at radius 3 is 2.57 bits per heavy atom. The number of methoxy groups -OCH3 is 2. The van der Waals surface area contributed by atoms with Crippen LogP contribution in [0, 0.1) is 0 Å². The molecule has 0 spiro atoms. The lowest BCUT2D eigenvalue weighted by molar-refractivity contribution is 0.0957. The molecule has 2 aromatic heterocycles. The van der Waals surface area contributed by atoms with E-state index >= 15 is 0 Å². The number of carbonyl (C=O) groups is 1. The average Bonchev–Trinajstić information content (AvgIpc) is 3.38. The monoisotopic (exact) mass is 399 g/mol. The minimum atomic E-state index is -0.0696. The fraction of sp³-hybridized carbons (Fsp3) is 0.333. The van der Waals surface area contributed by atoms with Crippen molar-refractivity contribution in [3.05, 3.63) is 58.9 Å². The van der Waals surface area contributed by atoms with Gasteiger partial charge in [-0.05, 0) is 42.7 Å². The molecule has 3 rings (SSSR count). The molecule has 0 aliphatic carbocycles. The largest absolute Gasteiger partial charge is 0.493 e. The summed E-state index contributed by atoms with van der Waals surface area (Å²) in [7, 11) is 3.23. The number of thiazole rings is 1. The molecule has 28 heavy (non-hydrogen) atoms. The number of rotatable bonds is 9. The van der Waals surface area contributed by atoms with Crippen molar-refractivity contribution in [2.24, 2.45) is 0 Å². The summed E-state index contributed by atoms with van der Waals surface area (Å²) >= 11 is 1.43. The average molecular weight is 400 g/mol. The Morgan fingerprint density at radius 2 is 1.89 bits per heavy atom. The van der Waals surface area contributed by atoms with Gasteiger partial charge < -0.3 is 19.4 Å². The second-order valence-corrected chi connectivity index (χ2v) is 7.29. The van der Waals surface area contributed by atoms with Gasteiger partial charge in [0.25, 0.3) is 5.91 Å². The minimum Gasteiger partial charge on any atom is -0.493 e. The molecule has 6 nitrogen and oxygen atoms in total. The van der Waals surface area contributed by atoms with E-state index < -0.39 is 0 Å². The number of carbonyl (C=O) groups excluding carboxylic acids is 1. The van der Waals surface area contributed by atoms with Crippen molar-refractivity contribution in [1.82, 2.24) is 14.9 Å². The normalized spacial score (nSPS) is 10.7. The number of ether oxygens (including phenoxy) is 2. The van der Waals surface area contributed by atoms with Gasteiger partial charge in [-0.1, -0.05) is 30.7 Å². The summed E-state index contributed by atoms with van der Waals surface area (Å²) in [6, 6.07) is 9.69. The van der Waals surface area contributed by atoms with Gasteiger partial charge in [-0.15, -0.1) is 0 Å². The summed E-state index contributed by atoms with van der Waals surface area (Å²) in [5.74, 6) is 1.32. The van der Waals surface area contributed by atoms with Gasteiger partial charge in [-0.25, -0.2) is 4.98 Å². The van der Waals surface area contributed by atoms with E-state index in [2.05, 4.69) is 17.2 Å². The third kappa shape index (κ3) is 4.54. The first-order chi connectivity index (χ1) is 13.7. The third-order valence-corrected chi connectivity index (χ3v) is 5.46. The first-order valence-corrected chi connectivity index (χ1v) is 10.1. The molecule has 2 heterocycles. The molecular weight excluding hydrogens is 374 g/mol. The lowest BCUT2D eigenvalue weighted by Gasteiger charge is -2.10. The highest BCUT2D eigenvalue weighted by Gasteiger charge is 2.18. The van der Waals surface area contributed by atoms with Crippen molar-refractivity contribution in [1.29, 1.82) is 0 Å². The van der Waals surface area contributed by atoms with Crippen molar-refractivity contribution in [2.75, 3.05) is 20.8 Å². The van der Waals surface area contributed by atoms with Gasteiger partial charge >= 0.3 is 0 Å². The van der Waals surface area contributed by atoms with Crippen molar-refractivity contribution in [3.63, 3.8) is 0 Å². The van der Waals surface area contributed by atoms with E-state index in [-0.39, 0.29) is 5.91 Å². The highest BCUT2D eigenvalue weighted by molar-refractivity contribution is 7.16. The summed E-state index contributed by atoms with van der Waals surface area (Å²) in [6.45, 7) is 2.63. The molecule has 0 saturated heterocycles. The number of nitrogens with zero attached hydrogens (tertiary/aromatic N) is 2. The molecule has 7 heteroatoms. The van der Waals surface area contributed by atoms with E-state index in [0.29, 0.717) is 29.3 Å². The van der Waals surface area contributed by atoms with Crippen LogP contribution in [0.5, 0.6) is 11.5 Å². The predicted octanol–water partition coefficient (Wildman–Crippen LogP) is 3.88. The van der Waals surface area contributed by atoms with Crippen LogP contribution in [0.1, 0.15) is 34.3 Å². The Balaban J connectivity index is 1.66. The molecule has 0 fully saturated rings. The highest BCUT2D eigenvalue weighted by Crippen LogP contribution is 2.27. The molecule has 3 aromatic rings. The molecule has 0 saturated carbocycles. The number of nitrogens with one attached hydrogen (secondary N) is 1. The predicted molar refractivity (Wildman–Crippen MR) is 111 cm³/mol. The lowest BCUT2D eigenvalue weighted by atomic mass is 10.1. The Labute approximate surface area is 169 Å². The van der Waals surface area contributed by atoms with Crippen LogP contribution in [-0.2, 0) is 12.8 Å². The SMILES string of the molecule is CCCc1nc(-n2cccc2)sc1C(=O)NCCc1ccc(OC)c(OC)c1. The van der Waals surface area contributed by atoms with Gasteiger partial charge in [0.2, 0.25) is 0 Å². The third-order valence-electron chi connectivity index (χ3n) is 4.35. The fourth-order valence-electron chi connectivity index (χ4n) is 2.93. The Morgan fingerprint density at radius 1 is 1.14 bits per heavy atom. The van der Waals surface area contributed by atoms with E-state index in [0.717, 1.165) is 29.2 Å². The summed E-state index contributed by atoms with van der Waals surface area (Å²) in [6.07, 6.45) is 6.32. The zero-order valence-electron chi connectivity index (χ0n) is 16.4. The molecule has 1 amide bonds. The van der Waals surface area contributed by atoms with Crippen LogP contribution in [0.4, 0.5) is 0 Å². The van der Waals surface area contributed by atoms with Crippen LogP contribution in [-0.4, -0.2) is 36.2 Å². The van der Waals surface area contributed by atoms with Gasteiger partial charge in [0.05, 0.1) is 19.9 Å². The van der Waals surface area contributed by atoms with Crippen LogP contribution < -0.4 is 14.8 Å². The fourth-order valence-corrected chi connectivity index (χ4v) is 3.93. The molecule has 0 unspecified atom stereocenters. The summed E-state index contributed by atoms with van der Waals surface area (Å²) < 4.78 is 12.5. The standard InChI is InChI=1S/C21H25N3O3S/c1-4-7-16-19(28-21(23-16)24-12-5-6-13-24)20(25)22-11-10-15-8-9-17(26-2)18(14-15)27-3/h5-6,8-9,12-14H,4,7,10-11H2,1-3H3,(H,22,25). The Hall–Kier alpha value is -2.80. The van der Waals surface area contributed by atoms with Crippen molar-refractivity contribution >= 4 is 17.2 Å². The smallest absolute Gasteiger partial charge is 0.263 e. The van der Waals surface area contributed by atoms with E-state index in [1.54, 1.807) is 14.2 Å². The van der Waals surface area contributed by atoms with Gasteiger partial charge in [0.15, 0.2) is 16.6 Å². The summed E-state index contributed by atoms with van der Waals surface area (Å²) in [4.78, 5) is 18.1. The minimum absolute atomic E-state index is 0.0696. The van der Waals surface area contributed by atoms with Crippen LogP contribution in [0.3, 0.4) is 0 Å². The van der Waals surface area contributed by atoms with Crippen molar-refractivity contribution < 1.29 is 14.3 Å².